The highest BCUT2D eigenvalue weighted by molar-refractivity contribution is 9.10. The number of thioether (sulfide) groups is 1. The first-order chi connectivity index (χ1) is 12.1. The fraction of sp³-hybridized carbons (Fsp3) is 0.421. The SMILES string of the molecule is N#CC1=C(SCc2ccc(Br)cc2)NC(=O)[C@@H](C#N)C12CCCCC2. The van der Waals surface area contributed by atoms with Crippen LogP contribution in [0.25, 0.3) is 0 Å². The number of carbonyl (C=O) groups is 1. The number of nitrogens with zero attached hydrogens (tertiary/aromatic N) is 2. The quantitative estimate of drug-likeness (QED) is 0.779. The van der Waals surface area contributed by atoms with Gasteiger partial charge in [0.15, 0.2) is 0 Å². The Balaban J connectivity index is 1.92. The smallest absolute Gasteiger partial charge is 0.243 e. The van der Waals surface area contributed by atoms with E-state index >= 15 is 0 Å². The van der Waals surface area contributed by atoms with Crippen LogP contribution in [0.2, 0.25) is 0 Å². The second-order valence-corrected chi connectivity index (χ2v) is 8.40. The molecule has 1 saturated carbocycles. The lowest BCUT2D eigenvalue weighted by atomic mass is 9.61. The number of hydrogen-bond acceptors (Lipinski definition) is 4. The maximum atomic E-state index is 12.5. The van der Waals surface area contributed by atoms with E-state index in [0.29, 0.717) is 16.4 Å². The molecule has 1 aliphatic heterocycles. The van der Waals surface area contributed by atoms with Crippen LogP contribution in [-0.4, -0.2) is 5.91 Å². The number of hydrogen-bond donors (Lipinski definition) is 1. The zero-order valence-electron chi connectivity index (χ0n) is 13.7. The van der Waals surface area contributed by atoms with Crippen LogP contribution in [0.15, 0.2) is 39.3 Å². The summed E-state index contributed by atoms with van der Waals surface area (Å²) in [4.78, 5) is 12.5. The molecule has 1 spiro atoms. The van der Waals surface area contributed by atoms with Crippen LogP contribution >= 0.6 is 27.7 Å². The second kappa shape index (κ2) is 7.64. The summed E-state index contributed by atoms with van der Waals surface area (Å²) in [6.07, 6.45) is 4.50. The topological polar surface area (TPSA) is 76.7 Å². The number of halogens is 1. The minimum atomic E-state index is -0.764. The van der Waals surface area contributed by atoms with Crippen molar-refractivity contribution in [1.82, 2.24) is 5.32 Å². The van der Waals surface area contributed by atoms with Gasteiger partial charge in [0.25, 0.3) is 0 Å². The maximum absolute atomic E-state index is 12.5. The molecule has 6 heteroatoms. The molecule has 1 N–H and O–H groups in total. The Labute approximate surface area is 160 Å². The summed E-state index contributed by atoms with van der Waals surface area (Å²) in [5.41, 5.74) is 1.11. The molecule has 0 saturated heterocycles. The first-order valence-electron chi connectivity index (χ1n) is 8.33. The maximum Gasteiger partial charge on any atom is 0.243 e. The fourth-order valence-corrected chi connectivity index (χ4v) is 5.11. The van der Waals surface area contributed by atoms with Crippen molar-refractivity contribution in [3.8, 4) is 12.1 Å². The van der Waals surface area contributed by atoms with Gasteiger partial charge in [0.2, 0.25) is 5.91 Å². The number of benzene rings is 1. The molecule has 1 fully saturated rings. The lowest BCUT2D eigenvalue weighted by molar-refractivity contribution is -0.126. The first kappa shape index (κ1) is 18.0. The summed E-state index contributed by atoms with van der Waals surface area (Å²) in [6.45, 7) is 0. The number of rotatable bonds is 3. The molecule has 25 heavy (non-hydrogen) atoms. The summed E-state index contributed by atoms with van der Waals surface area (Å²) >= 11 is 4.89. The zero-order chi connectivity index (χ0) is 17.9. The number of nitrogens with one attached hydrogen (secondary N) is 1. The molecule has 128 valence electrons. The molecular formula is C19H18BrN3OS. The van der Waals surface area contributed by atoms with Crippen molar-refractivity contribution >= 4 is 33.6 Å². The lowest BCUT2D eigenvalue weighted by Crippen LogP contribution is -2.48. The highest BCUT2D eigenvalue weighted by Gasteiger charge is 2.51. The van der Waals surface area contributed by atoms with Gasteiger partial charge in [0.05, 0.1) is 22.7 Å². The van der Waals surface area contributed by atoms with Crippen molar-refractivity contribution in [2.24, 2.45) is 11.3 Å². The Morgan fingerprint density at radius 2 is 1.88 bits per heavy atom. The van der Waals surface area contributed by atoms with E-state index in [9.17, 15) is 15.3 Å². The summed E-state index contributed by atoms with van der Waals surface area (Å²) in [7, 11) is 0. The van der Waals surface area contributed by atoms with E-state index in [1.807, 2.05) is 24.3 Å². The van der Waals surface area contributed by atoms with E-state index in [1.165, 1.54) is 11.8 Å². The Kier molecular flexibility index (Phi) is 5.51. The molecule has 2 aliphatic rings. The molecule has 1 heterocycles. The monoisotopic (exact) mass is 415 g/mol. The van der Waals surface area contributed by atoms with Crippen LogP contribution in [0.1, 0.15) is 37.7 Å². The van der Waals surface area contributed by atoms with Crippen molar-refractivity contribution in [2.45, 2.75) is 37.9 Å². The van der Waals surface area contributed by atoms with Crippen LogP contribution in [0.3, 0.4) is 0 Å². The van der Waals surface area contributed by atoms with Gasteiger partial charge >= 0.3 is 0 Å². The largest absolute Gasteiger partial charge is 0.319 e. The zero-order valence-corrected chi connectivity index (χ0v) is 16.1. The summed E-state index contributed by atoms with van der Waals surface area (Å²) in [5, 5.41) is 22.8. The molecule has 1 amide bonds. The summed E-state index contributed by atoms with van der Waals surface area (Å²) in [5.74, 6) is -0.359. The lowest BCUT2D eigenvalue weighted by Gasteiger charge is -2.43. The van der Waals surface area contributed by atoms with E-state index in [2.05, 4.69) is 33.4 Å². The van der Waals surface area contributed by atoms with Gasteiger partial charge in [-0.1, -0.05) is 47.3 Å². The third-order valence-corrected chi connectivity index (χ3v) is 6.66. The predicted octanol–water partition coefficient (Wildman–Crippen LogP) is 4.64. The Hall–Kier alpha value is -1.76. The number of amides is 1. The summed E-state index contributed by atoms with van der Waals surface area (Å²) in [6, 6.07) is 12.5. The number of carbonyl (C=O) groups excluding carboxylic acids is 1. The van der Waals surface area contributed by atoms with E-state index in [0.717, 1.165) is 42.1 Å². The van der Waals surface area contributed by atoms with E-state index in [4.69, 9.17) is 0 Å². The van der Waals surface area contributed by atoms with Crippen molar-refractivity contribution in [1.29, 1.82) is 10.5 Å². The fourth-order valence-electron chi connectivity index (χ4n) is 3.78. The van der Waals surface area contributed by atoms with Crippen molar-refractivity contribution in [2.75, 3.05) is 0 Å². The number of allylic oxidation sites excluding steroid dienone is 1. The summed E-state index contributed by atoms with van der Waals surface area (Å²) < 4.78 is 1.02. The standard InChI is InChI=1S/C19H18BrN3OS/c20-14-6-4-13(5-7-14)12-25-18-16(11-22)19(8-2-1-3-9-19)15(10-21)17(24)23-18/h4-7,15H,1-3,8-9,12H2,(H,23,24)/t15-/m1/s1. The van der Waals surface area contributed by atoms with Gasteiger partial charge in [-0.3, -0.25) is 4.79 Å². The molecule has 1 aromatic carbocycles. The number of nitriles is 2. The van der Waals surface area contributed by atoms with Crippen molar-refractivity contribution < 1.29 is 4.79 Å². The molecule has 3 rings (SSSR count). The molecule has 0 unspecified atom stereocenters. The minimum Gasteiger partial charge on any atom is -0.319 e. The third-order valence-electron chi connectivity index (χ3n) is 5.06. The molecule has 0 aromatic heterocycles. The molecule has 0 radical (unpaired) electrons. The minimum absolute atomic E-state index is 0.262. The highest BCUT2D eigenvalue weighted by atomic mass is 79.9. The van der Waals surface area contributed by atoms with E-state index in [-0.39, 0.29) is 5.91 Å². The van der Waals surface area contributed by atoms with Gasteiger partial charge in [0.1, 0.15) is 5.92 Å². The Morgan fingerprint density at radius 1 is 1.20 bits per heavy atom. The predicted molar refractivity (Wildman–Crippen MR) is 101 cm³/mol. The highest BCUT2D eigenvalue weighted by Crippen LogP contribution is 2.52. The first-order valence-corrected chi connectivity index (χ1v) is 10.1. The van der Waals surface area contributed by atoms with Gasteiger partial charge in [-0.25, -0.2) is 0 Å². The van der Waals surface area contributed by atoms with Crippen molar-refractivity contribution in [3.63, 3.8) is 0 Å². The molecule has 0 bridgehead atoms. The third kappa shape index (κ3) is 3.47. The van der Waals surface area contributed by atoms with Gasteiger partial charge in [0, 0.05) is 15.6 Å². The van der Waals surface area contributed by atoms with Gasteiger partial charge in [-0.05, 0) is 30.5 Å². The van der Waals surface area contributed by atoms with Crippen LogP contribution in [0.5, 0.6) is 0 Å². The molecular weight excluding hydrogens is 398 g/mol. The Bertz CT molecular complexity index is 782. The average Bonchev–Trinajstić information content (AvgIpc) is 2.62. The van der Waals surface area contributed by atoms with Crippen LogP contribution in [-0.2, 0) is 10.5 Å². The van der Waals surface area contributed by atoms with Crippen LogP contribution in [0.4, 0.5) is 0 Å². The molecule has 1 aliphatic carbocycles. The second-order valence-electron chi connectivity index (χ2n) is 6.50. The van der Waals surface area contributed by atoms with E-state index in [1.54, 1.807) is 0 Å². The van der Waals surface area contributed by atoms with E-state index < -0.39 is 11.3 Å². The molecule has 1 atom stereocenters. The van der Waals surface area contributed by atoms with Crippen LogP contribution in [0, 0.1) is 34.0 Å². The van der Waals surface area contributed by atoms with Crippen LogP contribution < -0.4 is 5.32 Å². The van der Waals surface area contributed by atoms with Gasteiger partial charge < -0.3 is 5.32 Å². The molecule has 1 aromatic rings. The average molecular weight is 416 g/mol. The van der Waals surface area contributed by atoms with Gasteiger partial charge in [-0.15, -0.1) is 11.8 Å². The van der Waals surface area contributed by atoms with Crippen molar-refractivity contribution in [3.05, 3.63) is 44.9 Å². The molecule has 4 nitrogen and oxygen atoms in total. The Morgan fingerprint density at radius 3 is 2.48 bits per heavy atom. The van der Waals surface area contributed by atoms with Gasteiger partial charge in [-0.2, -0.15) is 10.5 Å². The normalized spacial score (nSPS) is 22.2.